The van der Waals surface area contributed by atoms with Crippen LogP contribution in [0.5, 0.6) is 0 Å². The Morgan fingerprint density at radius 3 is 2.48 bits per heavy atom. The summed E-state index contributed by atoms with van der Waals surface area (Å²) in [6, 6.07) is 5.40. The monoisotopic (exact) mass is 381 g/mol. The van der Waals surface area contributed by atoms with Crippen molar-refractivity contribution in [1.82, 2.24) is 15.0 Å². The van der Waals surface area contributed by atoms with Crippen LogP contribution in [0.3, 0.4) is 0 Å². The van der Waals surface area contributed by atoms with Gasteiger partial charge in [-0.15, -0.1) is 0 Å². The topological polar surface area (TPSA) is 49.6 Å². The number of alkyl halides is 3. The van der Waals surface area contributed by atoms with Crippen molar-refractivity contribution in [2.24, 2.45) is 0 Å². The van der Waals surface area contributed by atoms with E-state index in [-0.39, 0.29) is 12.3 Å². The fraction of sp³-hybridized carbons (Fsp3) is 0.474. The maximum absolute atomic E-state index is 12.8. The molecule has 0 radical (unpaired) electrons. The molecule has 0 unspecified atom stereocenters. The first-order chi connectivity index (χ1) is 12.7. The summed E-state index contributed by atoms with van der Waals surface area (Å²) >= 11 is 0. The molecule has 0 spiro atoms. The van der Waals surface area contributed by atoms with Crippen molar-refractivity contribution in [2.75, 3.05) is 26.2 Å². The molecule has 0 N–H and O–H groups in total. The SMILES string of the molecule is Cc1noc(C)c1CC(=O)N1CCN(Cc2cccc(C(F)(F)F)c2)CC1. The maximum Gasteiger partial charge on any atom is 0.416 e. The Labute approximate surface area is 155 Å². The first kappa shape index (κ1) is 19.4. The van der Waals surface area contributed by atoms with E-state index < -0.39 is 11.7 Å². The second-order valence-electron chi connectivity index (χ2n) is 6.83. The Morgan fingerprint density at radius 1 is 1.19 bits per heavy atom. The Hall–Kier alpha value is -2.35. The molecule has 0 bridgehead atoms. The second kappa shape index (κ2) is 7.72. The van der Waals surface area contributed by atoms with Crippen molar-refractivity contribution in [1.29, 1.82) is 0 Å². The molecule has 8 heteroatoms. The number of carbonyl (C=O) groups is 1. The van der Waals surface area contributed by atoms with Crippen LogP contribution in [-0.4, -0.2) is 47.0 Å². The summed E-state index contributed by atoms with van der Waals surface area (Å²) in [6.07, 6.45) is -4.08. The number of carbonyl (C=O) groups excluding carboxylic acids is 1. The lowest BCUT2D eigenvalue weighted by Crippen LogP contribution is -2.48. The van der Waals surface area contributed by atoms with Gasteiger partial charge in [-0.2, -0.15) is 13.2 Å². The number of hydrogen-bond acceptors (Lipinski definition) is 4. The highest BCUT2D eigenvalue weighted by Crippen LogP contribution is 2.29. The third-order valence-electron chi connectivity index (χ3n) is 4.89. The van der Waals surface area contributed by atoms with Crippen molar-refractivity contribution in [2.45, 2.75) is 33.0 Å². The summed E-state index contributed by atoms with van der Waals surface area (Å²) in [5.74, 6) is 0.673. The number of halogens is 3. The lowest BCUT2D eigenvalue weighted by atomic mass is 10.1. The quantitative estimate of drug-likeness (QED) is 0.816. The first-order valence-electron chi connectivity index (χ1n) is 8.82. The van der Waals surface area contributed by atoms with Crippen LogP contribution < -0.4 is 0 Å². The van der Waals surface area contributed by atoms with Crippen molar-refractivity contribution >= 4 is 5.91 Å². The molecule has 1 saturated heterocycles. The van der Waals surface area contributed by atoms with Crippen LogP contribution in [-0.2, 0) is 23.9 Å². The van der Waals surface area contributed by atoms with Crippen LogP contribution in [0.2, 0.25) is 0 Å². The van der Waals surface area contributed by atoms with Crippen LogP contribution in [0.25, 0.3) is 0 Å². The number of piperazine rings is 1. The van der Waals surface area contributed by atoms with E-state index in [1.807, 2.05) is 6.92 Å². The van der Waals surface area contributed by atoms with Gasteiger partial charge in [0, 0.05) is 38.3 Å². The van der Waals surface area contributed by atoms with E-state index in [2.05, 4.69) is 10.1 Å². The van der Waals surface area contributed by atoms with Crippen LogP contribution in [0.15, 0.2) is 28.8 Å². The summed E-state index contributed by atoms with van der Waals surface area (Å²) in [5.41, 5.74) is 1.55. The van der Waals surface area contributed by atoms with E-state index in [4.69, 9.17) is 4.52 Å². The van der Waals surface area contributed by atoms with E-state index in [1.165, 1.54) is 12.1 Å². The summed E-state index contributed by atoms with van der Waals surface area (Å²) in [7, 11) is 0. The number of amides is 1. The van der Waals surface area contributed by atoms with E-state index in [0.29, 0.717) is 44.0 Å². The van der Waals surface area contributed by atoms with E-state index in [0.717, 1.165) is 17.3 Å². The lowest BCUT2D eigenvalue weighted by molar-refractivity contribution is -0.137. The largest absolute Gasteiger partial charge is 0.416 e. The van der Waals surface area contributed by atoms with Gasteiger partial charge in [-0.05, 0) is 25.5 Å². The fourth-order valence-corrected chi connectivity index (χ4v) is 3.28. The molecule has 1 aliphatic heterocycles. The average Bonchev–Trinajstić information content (AvgIpc) is 2.94. The van der Waals surface area contributed by atoms with Gasteiger partial charge in [0.1, 0.15) is 5.76 Å². The Morgan fingerprint density at radius 2 is 1.89 bits per heavy atom. The van der Waals surface area contributed by atoms with E-state index in [9.17, 15) is 18.0 Å². The van der Waals surface area contributed by atoms with Gasteiger partial charge in [-0.3, -0.25) is 9.69 Å². The molecule has 146 valence electrons. The molecular weight excluding hydrogens is 359 g/mol. The molecule has 27 heavy (non-hydrogen) atoms. The van der Waals surface area contributed by atoms with Crippen LogP contribution in [0, 0.1) is 13.8 Å². The van der Waals surface area contributed by atoms with Gasteiger partial charge in [0.05, 0.1) is 17.7 Å². The smallest absolute Gasteiger partial charge is 0.361 e. The van der Waals surface area contributed by atoms with Gasteiger partial charge in [-0.25, -0.2) is 0 Å². The van der Waals surface area contributed by atoms with E-state index in [1.54, 1.807) is 17.9 Å². The van der Waals surface area contributed by atoms with Crippen molar-refractivity contribution in [3.63, 3.8) is 0 Å². The van der Waals surface area contributed by atoms with Crippen molar-refractivity contribution < 1.29 is 22.5 Å². The molecule has 2 heterocycles. The van der Waals surface area contributed by atoms with Crippen LogP contribution >= 0.6 is 0 Å². The molecule has 0 saturated carbocycles. The molecule has 1 aliphatic rings. The highest BCUT2D eigenvalue weighted by atomic mass is 19.4. The fourth-order valence-electron chi connectivity index (χ4n) is 3.28. The Bertz CT molecular complexity index is 789. The predicted octanol–water partition coefficient (Wildman–Crippen LogP) is 3.20. The Kier molecular flexibility index (Phi) is 5.55. The third-order valence-corrected chi connectivity index (χ3v) is 4.89. The highest BCUT2D eigenvalue weighted by Gasteiger charge is 2.30. The number of rotatable bonds is 4. The molecule has 1 fully saturated rings. The molecule has 1 aromatic carbocycles. The average molecular weight is 381 g/mol. The summed E-state index contributed by atoms with van der Waals surface area (Å²) in [6.45, 7) is 6.41. The second-order valence-corrected chi connectivity index (χ2v) is 6.83. The molecule has 0 atom stereocenters. The molecule has 1 aromatic heterocycles. The minimum absolute atomic E-state index is 0.0168. The van der Waals surface area contributed by atoms with Crippen LogP contribution in [0.4, 0.5) is 13.2 Å². The number of aryl methyl sites for hydroxylation is 2. The molecule has 5 nitrogen and oxygen atoms in total. The van der Waals surface area contributed by atoms with Crippen LogP contribution in [0.1, 0.15) is 28.1 Å². The summed E-state index contributed by atoms with van der Waals surface area (Å²) in [5, 5.41) is 3.86. The van der Waals surface area contributed by atoms with Gasteiger partial charge in [-0.1, -0.05) is 23.4 Å². The zero-order valence-electron chi connectivity index (χ0n) is 15.3. The Balaban J connectivity index is 1.54. The van der Waals surface area contributed by atoms with Crippen molar-refractivity contribution in [3.8, 4) is 0 Å². The summed E-state index contributed by atoms with van der Waals surface area (Å²) in [4.78, 5) is 16.4. The van der Waals surface area contributed by atoms with Gasteiger partial charge < -0.3 is 9.42 Å². The zero-order chi connectivity index (χ0) is 19.6. The molecule has 3 rings (SSSR count). The standard InChI is InChI=1S/C19H22F3N3O2/c1-13-17(14(2)27-23-13)11-18(26)25-8-6-24(7-9-25)12-15-4-3-5-16(10-15)19(20,21)22/h3-5,10H,6-9,11-12H2,1-2H3. The van der Waals surface area contributed by atoms with Gasteiger partial charge in [0.2, 0.25) is 5.91 Å². The number of aromatic nitrogens is 1. The lowest BCUT2D eigenvalue weighted by Gasteiger charge is -2.35. The normalized spacial score (nSPS) is 16.0. The van der Waals surface area contributed by atoms with Gasteiger partial charge in [0.25, 0.3) is 0 Å². The summed E-state index contributed by atoms with van der Waals surface area (Å²) < 4.78 is 43.6. The van der Waals surface area contributed by atoms with Crippen molar-refractivity contribution in [3.05, 3.63) is 52.4 Å². The molecule has 1 amide bonds. The zero-order valence-corrected chi connectivity index (χ0v) is 15.3. The maximum atomic E-state index is 12.8. The molecule has 0 aliphatic carbocycles. The van der Waals surface area contributed by atoms with Gasteiger partial charge in [0.15, 0.2) is 0 Å². The minimum Gasteiger partial charge on any atom is -0.361 e. The predicted molar refractivity (Wildman–Crippen MR) is 93.0 cm³/mol. The minimum atomic E-state index is -4.33. The number of nitrogens with zero attached hydrogens (tertiary/aromatic N) is 3. The van der Waals surface area contributed by atoms with Gasteiger partial charge >= 0.3 is 6.18 Å². The molecular formula is C19H22F3N3O2. The number of benzene rings is 1. The third kappa shape index (κ3) is 4.68. The highest BCUT2D eigenvalue weighted by molar-refractivity contribution is 5.79. The molecule has 2 aromatic rings. The number of hydrogen-bond donors (Lipinski definition) is 0. The first-order valence-corrected chi connectivity index (χ1v) is 8.82. The van der Waals surface area contributed by atoms with E-state index >= 15 is 0 Å².